The summed E-state index contributed by atoms with van der Waals surface area (Å²) in [5.41, 5.74) is 0. The van der Waals surface area contributed by atoms with Crippen LogP contribution < -0.4 is 0 Å². The Hall–Kier alpha value is 0. The van der Waals surface area contributed by atoms with E-state index in [1.807, 2.05) is 0 Å². The lowest BCUT2D eigenvalue weighted by atomic mass is 9.57. The third-order valence-electron chi connectivity index (χ3n) is 9.48. The molecular weight excluding hydrogens is 300 g/mol. The van der Waals surface area contributed by atoms with Crippen LogP contribution in [-0.4, -0.2) is 0 Å². The molecule has 144 valence electrons. The average Bonchev–Trinajstić information content (AvgIpc) is 3.31. The molecule has 0 bridgehead atoms. The van der Waals surface area contributed by atoms with E-state index in [9.17, 15) is 0 Å². The first-order valence-corrected chi connectivity index (χ1v) is 12.2. The molecule has 0 saturated heterocycles. The second kappa shape index (κ2) is 8.35. The molecule has 0 nitrogen and oxygen atoms in total. The normalized spacial score (nSPS) is 45.6. The van der Waals surface area contributed by atoms with Crippen LogP contribution in [0.5, 0.6) is 0 Å². The SMILES string of the molecule is CCCC1CCC(CC2C[C@@H](C3CCC(C4CCCC4)C3)[C@@H]2C)CC1. The molecule has 0 radical (unpaired) electrons. The van der Waals surface area contributed by atoms with Crippen molar-refractivity contribution < 1.29 is 0 Å². The summed E-state index contributed by atoms with van der Waals surface area (Å²) < 4.78 is 0. The first-order valence-electron chi connectivity index (χ1n) is 12.2. The molecule has 0 aromatic carbocycles. The van der Waals surface area contributed by atoms with Crippen LogP contribution in [0.3, 0.4) is 0 Å². The van der Waals surface area contributed by atoms with Crippen LogP contribution in [0.15, 0.2) is 0 Å². The van der Waals surface area contributed by atoms with E-state index in [-0.39, 0.29) is 0 Å². The molecule has 0 heterocycles. The van der Waals surface area contributed by atoms with Gasteiger partial charge in [0.05, 0.1) is 0 Å². The van der Waals surface area contributed by atoms with E-state index in [2.05, 4.69) is 13.8 Å². The zero-order chi connectivity index (χ0) is 17.2. The maximum Gasteiger partial charge on any atom is -0.0355 e. The highest BCUT2D eigenvalue weighted by atomic mass is 14.5. The average molecular weight is 345 g/mol. The largest absolute Gasteiger partial charge is 0.0654 e. The summed E-state index contributed by atoms with van der Waals surface area (Å²) in [4.78, 5) is 0. The fraction of sp³-hybridized carbons (Fsp3) is 1.00. The minimum Gasteiger partial charge on any atom is -0.0654 e. The van der Waals surface area contributed by atoms with Gasteiger partial charge >= 0.3 is 0 Å². The molecule has 4 saturated carbocycles. The molecule has 4 fully saturated rings. The van der Waals surface area contributed by atoms with Gasteiger partial charge in [-0.1, -0.05) is 78.1 Å². The Morgan fingerprint density at radius 2 is 1.36 bits per heavy atom. The van der Waals surface area contributed by atoms with Gasteiger partial charge in [0.2, 0.25) is 0 Å². The van der Waals surface area contributed by atoms with Gasteiger partial charge in [0.15, 0.2) is 0 Å². The molecule has 0 heteroatoms. The van der Waals surface area contributed by atoms with E-state index in [0.717, 1.165) is 47.3 Å². The van der Waals surface area contributed by atoms with Gasteiger partial charge in [-0.25, -0.2) is 0 Å². The van der Waals surface area contributed by atoms with E-state index in [1.165, 1.54) is 25.7 Å². The van der Waals surface area contributed by atoms with Crippen molar-refractivity contribution in [2.24, 2.45) is 47.3 Å². The minimum atomic E-state index is 1.06. The van der Waals surface area contributed by atoms with E-state index in [1.54, 1.807) is 70.6 Å². The van der Waals surface area contributed by atoms with Crippen molar-refractivity contribution in [3.05, 3.63) is 0 Å². The molecule has 4 aliphatic carbocycles. The second-order valence-electron chi connectivity index (χ2n) is 10.8. The molecule has 0 spiro atoms. The predicted octanol–water partition coefficient (Wildman–Crippen LogP) is 7.86. The summed E-state index contributed by atoms with van der Waals surface area (Å²) in [7, 11) is 0. The van der Waals surface area contributed by atoms with Crippen molar-refractivity contribution in [2.45, 2.75) is 110 Å². The summed E-state index contributed by atoms with van der Waals surface area (Å²) in [6.45, 7) is 4.99. The number of rotatable bonds is 6. The zero-order valence-electron chi connectivity index (χ0n) is 17.2. The zero-order valence-corrected chi connectivity index (χ0v) is 17.2. The highest BCUT2D eigenvalue weighted by Gasteiger charge is 2.45. The smallest absolute Gasteiger partial charge is 0.0355 e. The fourth-order valence-corrected chi connectivity index (χ4v) is 7.76. The molecule has 0 N–H and O–H groups in total. The van der Waals surface area contributed by atoms with Gasteiger partial charge in [-0.05, 0) is 79.4 Å². The summed E-state index contributed by atoms with van der Waals surface area (Å²) >= 11 is 0. The molecule has 0 aromatic rings. The predicted molar refractivity (Wildman–Crippen MR) is 109 cm³/mol. The van der Waals surface area contributed by atoms with Gasteiger partial charge in [-0.2, -0.15) is 0 Å². The van der Waals surface area contributed by atoms with Gasteiger partial charge < -0.3 is 0 Å². The van der Waals surface area contributed by atoms with Gasteiger partial charge in [0.1, 0.15) is 0 Å². The van der Waals surface area contributed by atoms with E-state index in [0.29, 0.717) is 0 Å². The van der Waals surface area contributed by atoms with Crippen molar-refractivity contribution in [2.75, 3.05) is 0 Å². The Labute approximate surface area is 157 Å². The Kier molecular flexibility index (Phi) is 6.13. The maximum atomic E-state index is 2.63. The van der Waals surface area contributed by atoms with Gasteiger partial charge in [0.25, 0.3) is 0 Å². The van der Waals surface area contributed by atoms with Crippen molar-refractivity contribution in [3.8, 4) is 0 Å². The number of hydrogen-bond acceptors (Lipinski definition) is 0. The van der Waals surface area contributed by atoms with Crippen LogP contribution in [0.1, 0.15) is 110 Å². The Morgan fingerprint density at radius 1 is 0.680 bits per heavy atom. The lowest BCUT2D eigenvalue weighted by Crippen LogP contribution is -2.40. The van der Waals surface area contributed by atoms with Crippen LogP contribution in [0.4, 0.5) is 0 Å². The Bertz CT molecular complexity index is 398. The molecule has 0 amide bonds. The van der Waals surface area contributed by atoms with Gasteiger partial charge in [0, 0.05) is 0 Å². The molecular formula is C25H44. The second-order valence-corrected chi connectivity index (χ2v) is 10.8. The standard InChI is InChI=1S/C25H44/c1-3-6-19-9-11-20(12-10-19)15-24-17-25(18(24)2)23-14-13-22(16-23)21-7-4-5-8-21/h18-25H,3-17H2,1-2H3/t18-,19?,20?,22?,23?,24?,25-/m1/s1. The fourth-order valence-electron chi connectivity index (χ4n) is 7.76. The van der Waals surface area contributed by atoms with Crippen molar-refractivity contribution in [3.63, 3.8) is 0 Å². The summed E-state index contributed by atoms with van der Waals surface area (Å²) in [5, 5.41) is 0. The van der Waals surface area contributed by atoms with Gasteiger partial charge in [-0.15, -0.1) is 0 Å². The summed E-state index contributed by atoms with van der Waals surface area (Å²) in [6.07, 6.45) is 23.3. The van der Waals surface area contributed by atoms with E-state index >= 15 is 0 Å². The molecule has 4 aliphatic rings. The van der Waals surface area contributed by atoms with Crippen molar-refractivity contribution >= 4 is 0 Å². The maximum absolute atomic E-state index is 2.63. The van der Waals surface area contributed by atoms with Crippen LogP contribution in [0.2, 0.25) is 0 Å². The molecule has 3 unspecified atom stereocenters. The molecule has 0 aromatic heterocycles. The summed E-state index contributed by atoms with van der Waals surface area (Å²) in [5.74, 6) is 8.84. The lowest BCUT2D eigenvalue weighted by molar-refractivity contribution is 0.0142. The first kappa shape index (κ1) is 18.4. The minimum absolute atomic E-state index is 1.06. The molecule has 5 atom stereocenters. The van der Waals surface area contributed by atoms with Crippen LogP contribution in [-0.2, 0) is 0 Å². The van der Waals surface area contributed by atoms with Crippen LogP contribution in [0.25, 0.3) is 0 Å². The summed E-state index contributed by atoms with van der Waals surface area (Å²) in [6, 6.07) is 0. The molecule has 0 aliphatic heterocycles. The molecule has 25 heavy (non-hydrogen) atoms. The third kappa shape index (κ3) is 4.14. The Morgan fingerprint density at radius 3 is 2.04 bits per heavy atom. The lowest BCUT2D eigenvalue weighted by Gasteiger charge is -2.48. The van der Waals surface area contributed by atoms with Crippen molar-refractivity contribution in [1.82, 2.24) is 0 Å². The quantitative estimate of drug-likeness (QED) is 0.460. The first-order chi connectivity index (χ1) is 12.2. The highest BCUT2D eigenvalue weighted by molar-refractivity contribution is 4.95. The van der Waals surface area contributed by atoms with E-state index < -0.39 is 0 Å². The van der Waals surface area contributed by atoms with Crippen molar-refractivity contribution in [1.29, 1.82) is 0 Å². The third-order valence-corrected chi connectivity index (χ3v) is 9.48. The highest BCUT2D eigenvalue weighted by Crippen LogP contribution is 2.55. The topological polar surface area (TPSA) is 0 Å². The molecule has 4 rings (SSSR count). The van der Waals surface area contributed by atoms with Crippen LogP contribution >= 0.6 is 0 Å². The van der Waals surface area contributed by atoms with Gasteiger partial charge in [-0.3, -0.25) is 0 Å². The van der Waals surface area contributed by atoms with E-state index in [4.69, 9.17) is 0 Å². The Balaban J connectivity index is 1.18. The van der Waals surface area contributed by atoms with Crippen LogP contribution in [0, 0.1) is 47.3 Å². The monoisotopic (exact) mass is 344 g/mol. The number of hydrogen-bond donors (Lipinski definition) is 0.